The van der Waals surface area contributed by atoms with Crippen LogP contribution in [0.25, 0.3) is 0 Å². The van der Waals surface area contributed by atoms with E-state index in [0.29, 0.717) is 17.3 Å². The lowest BCUT2D eigenvalue weighted by molar-refractivity contribution is -0.135. The SMILES string of the molecule is O=C(N1CCCC(CNS(=O)(=O)c2cccs2)C1)C1(c2ccccc2)CC1. The van der Waals surface area contributed by atoms with Gasteiger partial charge in [0.1, 0.15) is 4.21 Å². The molecule has 7 heteroatoms. The number of amides is 1. The Bertz CT molecular complexity index is 891. The van der Waals surface area contributed by atoms with Gasteiger partial charge in [-0.15, -0.1) is 11.3 Å². The average Bonchev–Trinajstić information content (AvgIpc) is 3.31. The van der Waals surface area contributed by atoms with Crippen LogP contribution in [0, 0.1) is 5.92 Å². The Hall–Kier alpha value is -1.70. The Morgan fingerprint density at radius 1 is 1.19 bits per heavy atom. The van der Waals surface area contributed by atoms with Gasteiger partial charge in [0.25, 0.3) is 0 Å². The molecule has 1 amide bonds. The van der Waals surface area contributed by atoms with Crippen LogP contribution < -0.4 is 4.72 Å². The van der Waals surface area contributed by atoms with Crippen LogP contribution in [-0.4, -0.2) is 38.9 Å². The molecular weight excluding hydrogens is 380 g/mol. The summed E-state index contributed by atoms with van der Waals surface area (Å²) >= 11 is 1.22. The molecule has 2 heterocycles. The van der Waals surface area contributed by atoms with Gasteiger partial charge in [0.15, 0.2) is 0 Å². The highest BCUT2D eigenvalue weighted by molar-refractivity contribution is 7.91. The summed E-state index contributed by atoms with van der Waals surface area (Å²) in [5, 5.41) is 1.76. The molecule has 27 heavy (non-hydrogen) atoms. The van der Waals surface area contributed by atoms with E-state index in [1.165, 1.54) is 11.3 Å². The summed E-state index contributed by atoms with van der Waals surface area (Å²) in [6, 6.07) is 13.4. The van der Waals surface area contributed by atoms with Crippen LogP contribution >= 0.6 is 11.3 Å². The van der Waals surface area contributed by atoms with E-state index in [2.05, 4.69) is 4.72 Å². The normalized spacial score (nSPS) is 21.8. The van der Waals surface area contributed by atoms with Gasteiger partial charge in [-0.2, -0.15) is 0 Å². The first-order valence-electron chi connectivity index (χ1n) is 9.39. The monoisotopic (exact) mass is 404 g/mol. The molecule has 1 aliphatic heterocycles. The first-order valence-corrected chi connectivity index (χ1v) is 11.8. The van der Waals surface area contributed by atoms with Crippen molar-refractivity contribution < 1.29 is 13.2 Å². The summed E-state index contributed by atoms with van der Waals surface area (Å²) in [5.74, 6) is 0.364. The quantitative estimate of drug-likeness (QED) is 0.805. The van der Waals surface area contributed by atoms with Crippen LogP contribution in [0.2, 0.25) is 0 Å². The van der Waals surface area contributed by atoms with Crippen molar-refractivity contribution >= 4 is 27.3 Å². The summed E-state index contributed by atoms with van der Waals surface area (Å²) in [4.78, 5) is 15.2. The predicted octanol–water partition coefficient (Wildman–Crippen LogP) is 3.00. The standard InChI is InChI=1S/C20H24N2O3S2/c23-19(20(10-11-20)17-7-2-1-3-8-17)22-12-4-6-16(15-22)14-21-27(24,25)18-9-5-13-26-18/h1-3,5,7-9,13,16,21H,4,6,10-12,14-15H2. The average molecular weight is 405 g/mol. The molecule has 0 spiro atoms. The highest BCUT2D eigenvalue weighted by Crippen LogP contribution is 2.49. The molecule has 0 radical (unpaired) electrons. The maximum atomic E-state index is 13.2. The Kier molecular flexibility index (Phi) is 5.09. The first kappa shape index (κ1) is 18.7. The smallest absolute Gasteiger partial charge is 0.250 e. The fourth-order valence-corrected chi connectivity index (χ4v) is 6.10. The molecule has 1 aromatic heterocycles. The number of piperidine rings is 1. The van der Waals surface area contributed by atoms with Crippen molar-refractivity contribution in [2.75, 3.05) is 19.6 Å². The summed E-state index contributed by atoms with van der Waals surface area (Å²) in [6.07, 6.45) is 3.67. The molecule has 4 rings (SSSR count). The topological polar surface area (TPSA) is 66.5 Å². The van der Waals surface area contributed by atoms with E-state index in [-0.39, 0.29) is 17.2 Å². The van der Waals surface area contributed by atoms with E-state index in [9.17, 15) is 13.2 Å². The van der Waals surface area contributed by atoms with Gasteiger partial charge in [0.2, 0.25) is 15.9 Å². The molecule has 1 aromatic carbocycles. The molecular formula is C20H24N2O3S2. The number of carbonyl (C=O) groups is 1. The van der Waals surface area contributed by atoms with Crippen molar-refractivity contribution in [3.8, 4) is 0 Å². The summed E-state index contributed by atoms with van der Waals surface area (Å²) in [5.41, 5.74) is 0.759. The summed E-state index contributed by atoms with van der Waals surface area (Å²) in [6.45, 7) is 1.77. The van der Waals surface area contributed by atoms with Crippen molar-refractivity contribution in [1.29, 1.82) is 0 Å². The molecule has 2 aromatic rings. The van der Waals surface area contributed by atoms with Gasteiger partial charge in [-0.25, -0.2) is 13.1 Å². The number of benzene rings is 1. The van der Waals surface area contributed by atoms with Gasteiger partial charge in [-0.3, -0.25) is 4.79 Å². The molecule has 144 valence electrons. The Morgan fingerprint density at radius 3 is 2.63 bits per heavy atom. The van der Waals surface area contributed by atoms with Crippen LogP contribution in [-0.2, 0) is 20.2 Å². The van der Waals surface area contributed by atoms with Gasteiger partial charge in [-0.05, 0) is 48.6 Å². The van der Waals surface area contributed by atoms with Crippen molar-refractivity contribution in [1.82, 2.24) is 9.62 Å². The van der Waals surface area contributed by atoms with E-state index < -0.39 is 10.0 Å². The minimum atomic E-state index is -3.45. The fourth-order valence-electron chi connectivity index (χ4n) is 3.94. The Balaban J connectivity index is 1.39. The van der Waals surface area contributed by atoms with Gasteiger partial charge >= 0.3 is 0 Å². The third-order valence-corrected chi connectivity index (χ3v) is 8.43. The van der Waals surface area contributed by atoms with Crippen molar-refractivity contribution in [3.05, 3.63) is 53.4 Å². The van der Waals surface area contributed by atoms with Crippen LogP contribution in [0.1, 0.15) is 31.2 Å². The molecule has 0 bridgehead atoms. The highest BCUT2D eigenvalue weighted by atomic mass is 32.2. The van der Waals surface area contributed by atoms with E-state index in [4.69, 9.17) is 0 Å². The number of hydrogen-bond acceptors (Lipinski definition) is 4. The third-order valence-electron chi connectivity index (χ3n) is 5.61. The minimum absolute atomic E-state index is 0.156. The number of hydrogen-bond donors (Lipinski definition) is 1. The maximum Gasteiger partial charge on any atom is 0.250 e. The molecule has 1 saturated heterocycles. The maximum absolute atomic E-state index is 13.2. The fraction of sp³-hybridized carbons (Fsp3) is 0.450. The van der Waals surface area contributed by atoms with E-state index in [0.717, 1.165) is 37.8 Å². The molecule has 2 fully saturated rings. The van der Waals surface area contributed by atoms with E-state index >= 15 is 0 Å². The van der Waals surface area contributed by atoms with Gasteiger partial charge in [-0.1, -0.05) is 36.4 Å². The van der Waals surface area contributed by atoms with Gasteiger partial charge in [0, 0.05) is 19.6 Å². The number of rotatable bonds is 6. The zero-order valence-electron chi connectivity index (χ0n) is 15.1. The third kappa shape index (κ3) is 3.81. The van der Waals surface area contributed by atoms with Crippen LogP contribution in [0.3, 0.4) is 0 Å². The lowest BCUT2D eigenvalue weighted by Gasteiger charge is -2.35. The summed E-state index contributed by atoms with van der Waals surface area (Å²) in [7, 11) is -3.45. The molecule has 5 nitrogen and oxygen atoms in total. The molecule has 1 aliphatic carbocycles. The highest BCUT2D eigenvalue weighted by Gasteiger charge is 2.53. The number of sulfonamides is 1. The zero-order chi connectivity index (χ0) is 18.9. The number of thiophene rings is 1. The second-order valence-corrected chi connectivity index (χ2v) is 10.4. The van der Waals surface area contributed by atoms with Gasteiger partial charge in [0.05, 0.1) is 5.41 Å². The number of nitrogens with zero attached hydrogens (tertiary/aromatic N) is 1. The number of carbonyl (C=O) groups excluding carboxylic acids is 1. The van der Waals surface area contributed by atoms with Crippen molar-refractivity contribution in [3.63, 3.8) is 0 Å². The summed E-state index contributed by atoms with van der Waals surface area (Å²) < 4.78 is 27.7. The van der Waals surface area contributed by atoms with Gasteiger partial charge < -0.3 is 4.90 Å². The lowest BCUT2D eigenvalue weighted by Crippen LogP contribution is -2.47. The Labute approximate surface area is 164 Å². The number of likely N-dealkylation sites (tertiary alicyclic amines) is 1. The first-order chi connectivity index (χ1) is 13.0. The van der Waals surface area contributed by atoms with Crippen LogP contribution in [0.5, 0.6) is 0 Å². The predicted molar refractivity (Wildman–Crippen MR) is 106 cm³/mol. The molecule has 2 aliphatic rings. The molecule has 1 atom stereocenters. The number of nitrogens with one attached hydrogen (secondary N) is 1. The zero-order valence-corrected chi connectivity index (χ0v) is 16.8. The van der Waals surface area contributed by atoms with Crippen molar-refractivity contribution in [2.24, 2.45) is 5.92 Å². The molecule has 1 N–H and O–H groups in total. The molecule has 1 saturated carbocycles. The van der Waals surface area contributed by atoms with Crippen LogP contribution in [0.15, 0.2) is 52.1 Å². The Morgan fingerprint density at radius 2 is 1.96 bits per heavy atom. The molecule has 1 unspecified atom stereocenters. The lowest BCUT2D eigenvalue weighted by atomic mass is 9.91. The van der Waals surface area contributed by atoms with E-state index in [1.807, 2.05) is 35.2 Å². The largest absolute Gasteiger partial charge is 0.342 e. The second-order valence-electron chi connectivity index (χ2n) is 7.49. The van der Waals surface area contributed by atoms with Crippen LogP contribution in [0.4, 0.5) is 0 Å². The van der Waals surface area contributed by atoms with Crippen molar-refractivity contribution in [2.45, 2.75) is 35.3 Å². The van der Waals surface area contributed by atoms with E-state index in [1.54, 1.807) is 17.5 Å². The minimum Gasteiger partial charge on any atom is -0.342 e. The second kappa shape index (κ2) is 7.37.